The number of rotatable bonds is 5. The quantitative estimate of drug-likeness (QED) is 0.819. The fourth-order valence-corrected chi connectivity index (χ4v) is 2.16. The molecule has 0 saturated carbocycles. The van der Waals surface area contributed by atoms with E-state index in [2.05, 4.69) is 15.2 Å². The maximum atomic E-state index is 10.6. The van der Waals surface area contributed by atoms with Gasteiger partial charge in [0, 0.05) is 13.2 Å². The molecule has 2 heterocycles. The van der Waals surface area contributed by atoms with E-state index in [4.69, 9.17) is 9.84 Å². The van der Waals surface area contributed by atoms with Gasteiger partial charge >= 0.3 is 5.97 Å². The summed E-state index contributed by atoms with van der Waals surface area (Å²) in [5.74, 6) is 0.246. The Morgan fingerprint density at radius 1 is 1.53 bits per heavy atom. The van der Waals surface area contributed by atoms with Crippen LogP contribution in [-0.2, 0) is 11.8 Å². The minimum atomic E-state index is -0.893. The zero-order valence-corrected chi connectivity index (χ0v) is 11.2. The number of aromatic nitrogens is 4. The van der Waals surface area contributed by atoms with Crippen molar-refractivity contribution >= 4 is 17.7 Å². The van der Waals surface area contributed by atoms with Crippen molar-refractivity contribution in [1.29, 1.82) is 0 Å². The molecule has 0 aromatic carbocycles. The topological polar surface area (TPSA) is 90.1 Å². The maximum Gasteiger partial charge on any atom is 0.313 e. The lowest BCUT2D eigenvalue weighted by Gasteiger charge is -2.07. The minimum absolute atomic E-state index is 0.0561. The van der Waals surface area contributed by atoms with E-state index in [0.717, 1.165) is 17.3 Å². The van der Waals surface area contributed by atoms with Crippen LogP contribution >= 0.6 is 11.8 Å². The first-order valence-corrected chi connectivity index (χ1v) is 6.34. The van der Waals surface area contributed by atoms with Crippen LogP contribution in [0.15, 0.2) is 23.6 Å². The highest BCUT2D eigenvalue weighted by Gasteiger charge is 2.15. The Labute approximate surface area is 113 Å². The van der Waals surface area contributed by atoms with Gasteiger partial charge in [-0.05, 0) is 6.07 Å². The monoisotopic (exact) mass is 280 g/mol. The minimum Gasteiger partial charge on any atom is -0.494 e. The second kappa shape index (κ2) is 5.70. The van der Waals surface area contributed by atoms with E-state index in [-0.39, 0.29) is 5.75 Å². The van der Waals surface area contributed by atoms with Gasteiger partial charge in [-0.2, -0.15) is 0 Å². The molecule has 0 aliphatic heterocycles. The van der Waals surface area contributed by atoms with Crippen LogP contribution in [0.3, 0.4) is 0 Å². The third-order valence-corrected chi connectivity index (χ3v) is 3.41. The molecule has 0 atom stereocenters. The van der Waals surface area contributed by atoms with Crippen molar-refractivity contribution in [2.75, 3.05) is 12.9 Å². The summed E-state index contributed by atoms with van der Waals surface area (Å²) >= 11 is 1.12. The van der Waals surface area contributed by atoms with Crippen LogP contribution in [0.5, 0.6) is 5.75 Å². The van der Waals surface area contributed by atoms with Gasteiger partial charge in [-0.3, -0.25) is 9.78 Å². The van der Waals surface area contributed by atoms with Crippen molar-refractivity contribution in [3.8, 4) is 17.1 Å². The molecule has 19 heavy (non-hydrogen) atoms. The first-order valence-electron chi connectivity index (χ1n) is 5.36. The molecule has 0 bridgehead atoms. The van der Waals surface area contributed by atoms with Crippen LogP contribution in [0.4, 0.5) is 0 Å². The molecular weight excluding hydrogens is 268 g/mol. The van der Waals surface area contributed by atoms with Gasteiger partial charge in [0.1, 0.15) is 5.75 Å². The molecule has 2 aromatic heterocycles. The Hall–Kier alpha value is -2.09. The van der Waals surface area contributed by atoms with Crippen LogP contribution in [0.2, 0.25) is 0 Å². The van der Waals surface area contributed by atoms with Crippen molar-refractivity contribution in [3.63, 3.8) is 0 Å². The molecule has 7 nitrogen and oxygen atoms in total. The second-order valence-electron chi connectivity index (χ2n) is 3.62. The van der Waals surface area contributed by atoms with Crippen molar-refractivity contribution < 1.29 is 14.6 Å². The fourth-order valence-electron chi connectivity index (χ4n) is 1.53. The molecule has 100 valence electrons. The van der Waals surface area contributed by atoms with Crippen molar-refractivity contribution in [2.45, 2.75) is 5.16 Å². The third kappa shape index (κ3) is 2.84. The molecule has 0 saturated heterocycles. The summed E-state index contributed by atoms with van der Waals surface area (Å²) in [7, 11) is 3.33. The number of carboxylic acid groups (broad SMARTS) is 1. The number of hydrogen-bond acceptors (Lipinski definition) is 6. The second-order valence-corrected chi connectivity index (χ2v) is 4.57. The standard InChI is InChI=1S/C11H12N4O3S/c1-15-10(7-3-4-12-5-8(7)18-2)13-14-11(15)19-6-9(16)17/h3-5H,6H2,1-2H3,(H,16,17). The van der Waals surface area contributed by atoms with E-state index in [1.165, 1.54) is 0 Å². The zero-order valence-electron chi connectivity index (χ0n) is 10.4. The normalized spacial score (nSPS) is 10.4. The summed E-state index contributed by atoms with van der Waals surface area (Å²) in [6, 6.07) is 1.77. The average molecular weight is 280 g/mol. The molecule has 0 amide bonds. The lowest BCUT2D eigenvalue weighted by molar-refractivity contribution is -0.133. The van der Waals surface area contributed by atoms with Crippen molar-refractivity contribution in [1.82, 2.24) is 19.7 Å². The summed E-state index contributed by atoms with van der Waals surface area (Å²) in [4.78, 5) is 14.5. The largest absolute Gasteiger partial charge is 0.494 e. The number of ether oxygens (including phenoxy) is 1. The van der Waals surface area contributed by atoms with Crippen LogP contribution < -0.4 is 4.74 Å². The summed E-state index contributed by atoms with van der Waals surface area (Å²) < 4.78 is 6.95. The third-order valence-electron chi connectivity index (χ3n) is 2.40. The van der Waals surface area contributed by atoms with E-state index >= 15 is 0 Å². The van der Waals surface area contributed by atoms with Crippen LogP contribution in [-0.4, -0.2) is 43.7 Å². The molecule has 0 aliphatic carbocycles. The molecule has 8 heteroatoms. The summed E-state index contributed by atoms with van der Waals surface area (Å²) in [5, 5.41) is 17.2. The predicted octanol–water partition coefficient (Wildman–Crippen LogP) is 1.06. The summed E-state index contributed by atoms with van der Waals surface area (Å²) in [6.07, 6.45) is 3.23. The fraction of sp³-hybridized carbons (Fsp3) is 0.273. The summed E-state index contributed by atoms with van der Waals surface area (Å²) in [5.41, 5.74) is 0.759. The number of carboxylic acids is 1. The molecule has 0 fully saturated rings. The number of aliphatic carboxylic acids is 1. The Balaban J connectivity index is 2.33. The number of pyridine rings is 1. The number of nitrogens with zero attached hydrogens (tertiary/aromatic N) is 4. The van der Waals surface area contributed by atoms with E-state index in [9.17, 15) is 4.79 Å². The molecule has 2 aromatic rings. The molecule has 2 rings (SSSR count). The number of hydrogen-bond donors (Lipinski definition) is 1. The molecule has 0 radical (unpaired) electrons. The van der Waals surface area contributed by atoms with Gasteiger partial charge < -0.3 is 14.4 Å². The molecule has 0 spiro atoms. The maximum absolute atomic E-state index is 10.6. The van der Waals surface area contributed by atoms with E-state index in [0.29, 0.717) is 16.7 Å². The number of carbonyl (C=O) groups is 1. The molecule has 1 N–H and O–H groups in total. The zero-order chi connectivity index (χ0) is 13.8. The van der Waals surface area contributed by atoms with Gasteiger partial charge in [0.05, 0.1) is 24.6 Å². The first kappa shape index (κ1) is 13.3. The highest BCUT2D eigenvalue weighted by molar-refractivity contribution is 7.99. The average Bonchev–Trinajstić information content (AvgIpc) is 2.77. The van der Waals surface area contributed by atoms with Gasteiger partial charge in [-0.1, -0.05) is 11.8 Å². The van der Waals surface area contributed by atoms with Crippen molar-refractivity contribution in [3.05, 3.63) is 18.5 Å². The van der Waals surface area contributed by atoms with Crippen LogP contribution in [0, 0.1) is 0 Å². The Morgan fingerprint density at radius 3 is 3.00 bits per heavy atom. The van der Waals surface area contributed by atoms with E-state index in [1.54, 1.807) is 37.2 Å². The van der Waals surface area contributed by atoms with Gasteiger partial charge in [0.2, 0.25) is 0 Å². The predicted molar refractivity (Wildman–Crippen MR) is 69.1 cm³/mol. The van der Waals surface area contributed by atoms with Gasteiger partial charge in [0.15, 0.2) is 11.0 Å². The number of thioether (sulfide) groups is 1. The molecule has 0 unspecified atom stereocenters. The highest BCUT2D eigenvalue weighted by Crippen LogP contribution is 2.29. The SMILES string of the molecule is COc1cnccc1-c1nnc(SCC(=O)O)n1C. The van der Waals surface area contributed by atoms with Crippen LogP contribution in [0.25, 0.3) is 11.4 Å². The molecule has 0 aliphatic rings. The lowest BCUT2D eigenvalue weighted by atomic mass is 10.2. The van der Waals surface area contributed by atoms with Crippen LogP contribution in [0.1, 0.15) is 0 Å². The molecular formula is C11H12N4O3S. The van der Waals surface area contributed by atoms with Crippen molar-refractivity contribution in [2.24, 2.45) is 7.05 Å². The summed E-state index contributed by atoms with van der Waals surface area (Å²) in [6.45, 7) is 0. The van der Waals surface area contributed by atoms with E-state index in [1.807, 2.05) is 0 Å². The Morgan fingerprint density at radius 2 is 2.32 bits per heavy atom. The van der Waals surface area contributed by atoms with Gasteiger partial charge in [0.25, 0.3) is 0 Å². The first-order chi connectivity index (χ1) is 9.13. The van der Waals surface area contributed by atoms with Gasteiger partial charge in [-0.15, -0.1) is 10.2 Å². The lowest BCUT2D eigenvalue weighted by Crippen LogP contribution is -2.01. The Kier molecular flexibility index (Phi) is 4.00. The highest BCUT2D eigenvalue weighted by atomic mass is 32.2. The van der Waals surface area contributed by atoms with Gasteiger partial charge in [-0.25, -0.2) is 0 Å². The van der Waals surface area contributed by atoms with E-state index < -0.39 is 5.97 Å². The number of methoxy groups -OCH3 is 1. The smallest absolute Gasteiger partial charge is 0.313 e. The Bertz CT molecular complexity index is 599.